The normalized spacial score (nSPS) is 12.1. The molecule has 1 rings (SSSR count). The third-order valence-corrected chi connectivity index (χ3v) is 8.35. The van der Waals surface area contributed by atoms with Gasteiger partial charge in [-0.25, -0.2) is 4.98 Å². The highest BCUT2D eigenvalue weighted by atomic mass is 28.4. The van der Waals surface area contributed by atoms with Crippen molar-refractivity contribution in [3.05, 3.63) is 23.9 Å². The maximum atomic E-state index is 11.6. The maximum Gasteiger partial charge on any atom is 0.232 e. The number of pyridine rings is 1. The lowest BCUT2D eigenvalue weighted by Gasteiger charge is -2.36. The minimum Gasteiger partial charge on any atom is -0.411 e. The summed E-state index contributed by atoms with van der Waals surface area (Å²) in [7, 11) is -1.83. The summed E-state index contributed by atoms with van der Waals surface area (Å²) in [5, 5.41) is 2.77. The summed E-state index contributed by atoms with van der Waals surface area (Å²) >= 11 is 0. The summed E-state index contributed by atoms with van der Waals surface area (Å²) in [4.78, 5) is 26.9. The van der Waals surface area contributed by atoms with E-state index in [-0.39, 0.29) is 23.1 Å². The van der Waals surface area contributed by atoms with E-state index in [2.05, 4.69) is 44.2 Å². The molecule has 0 saturated carbocycles. The van der Waals surface area contributed by atoms with Gasteiger partial charge < -0.3 is 9.74 Å². The molecule has 0 aromatic carbocycles. The lowest BCUT2D eigenvalue weighted by molar-refractivity contribution is -0.124. The van der Waals surface area contributed by atoms with E-state index in [1.807, 2.05) is 12.1 Å². The number of aromatic nitrogens is 1. The van der Waals surface area contributed by atoms with Gasteiger partial charge in [0.2, 0.25) is 5.91 Å². The average Bonchev–Trinajstić information content (AvgIpc) is 2.34. The number of nitrogens with zero attached hydrogens (tertiary/aromatic N) is 1. The van der Waals surface area contributed by atoms with Crippen molar-refractivity contribution in [2.24, 2.45) is 0 Å². The molecule has 0 saturated heterocycles. The number of hydrogen-bond donors (Lipinski definition) is 1. The predicted octanol–water partition coefficient (Wildman–Crippen LogP) is 3.52. The number of carbonyl (C=O) groups excluding carboxylic acids is 2. The summed E-state index contributed by atoms with van der Waals surface area (Å²) in [6.45, 7) is 12.7. The molecule has 5 nitrogen and oxygen atoms in total. The number of rotatable bonds is 6. The minimum absolute atomic E-state index is 0.133. The molecule has 0 aliphatic carbocycles. The molecule has 0 bridgehead atoms. The smallest absolute Gasteiger partial charge is 0.232 e. The molecule has 1 aromatic heterocycles. The van der Waals surface area contributed by atoms with Crippen molar-refractivity contribution < 1.29 is 14.0 Å². The summed E-state index contributed by atoms with van der Waals surface area (Å²) in [5.41, 5.74) is 0.769. The maximum absolute atomic E-state index is 11.6. The fourth-order valence-corrected chi connectivity index (χ4v) is 2.46. The summed E-state index contributed by atoms with van der Waals surface area (Å²) < 4.78 is 6.11. The van der Waals surface area contributed by atoms with Gasteiger partial charge in [0, 0.05) is 0 Å². The van der Waals surface area contributed by atoms with Crippen LogP contribution in [-0.4, -0.2) is 25.0 Å². The van der Waals surface area contributed by atoms with Crippen LogP contribution >= 0.6 is 0 Å². The Labute approximate surface area is 133 Å². The first-order chi connectivity index (χ1) is 10.0. The van der Waals surface area contributed by atoms with Gasteiger partial charge in [-0.05, 0) is 37.2 Å². The number of Topliss-reactive ketones (excluding diaryl/α,β-unsaturated/α-hetero) is 1. The highest BCUT2D eigenvalue weighted by Gasteiger charge is 2.37. The SMILES string of the molecule is CC(=O)CC(=O)Nc1cccc(CO[Si](C)(C)C(C)(C)C)n1. The monoisotopic (exact) mass is 322 g/mol. The van der Waals surface area contributed by atoms with Crippen molar-refractivity contribution in [2.45, 2.75) is 58.9 Å². The minimum atomic E-state index is -1.83. The molecule has 1 N–H and O–H groups in total. The zero-order valence-electron chi connectivity index (χ0n) is 14.3. The number of hydrogen-bond acceptors (Lipinski definition) is 4. The van der Waals surface area contributed by atoms with E-state index >= 15 is 0 Å². The molecule has 1 heterocycles. The second kappa shape index (κ2) is 7.15. The summed E-state index contributed by atoms with van der Waals surface area (Å²) in [6, 6.07) is 5.39. The average molecular weight is 322 g/mol. The Morgan fingerprint density at radius 2 is 1.91 bits per heavy atom. The van der Waals surface area contributed by atoms with Gasteiger partial charge in [0.15, 0.2) is 8.32 Å². The molecule has 0 unspecified atom stereocenters. The second-order valence-corrected chi connectivity index (χ2v) is 11.8. The van der Waals surface area contributed by atoms with Crippen LogP contribution in [0.4, 0.5) is 5.82 Å². The third-order valence-electron chi connectivity index (χ3n) is 3.87. The molecule has 0 spiro atoms. The Hall–Kier alpha value is -1.53. The highest BCUT2D eigenvalue weighted by Crippen LogP contribution is 2.36. The van der Waals surface area contributed by atoms with Crippen molar-refractivity contribution in [3.8, 4) is 0 Å². The highest BCUT2D eigenvalue weighted by molar-refractivity contribution is 6.74. The molecule has 0 radical (unpaired) electrons. The van der Waals surface area contributed by atoms with Crippen LogP contribution in [0.2, 0.25) is 18.1 Å². The molecule has 0 fully saturated rings. The molecule has 0 aliphatic heterocycles. The first-order valence-electron chi connectivity index (χ1n) is 7.40. The number of ketones is 1. The van der Waals surface area contributed by atoms with Crippen LogP contribution in [0.25, 0.3) is 0 Å². The van der Waals surface area contributed by atoms with Crippen LogP contribution in [0.5, 0.6) is 0 Å². The largest absolute Gasteiger partial charge is 0.411 e. The Bertz CT molecular complexity index is 551. The third kappa shape index (κ3) is 5.69. The van der Waals surface area contributed by atoms with E-state index in [0.717, 1.165) is 5.69 Å². The van der Waals surface area contributed by atoms with Gasteiger partial charge in [0.05, 0.1) is 18.7 Å². The zero-order chi connectivity index (χ0) is 17.0. The van der Waals surface area contributed by atoms with Crippen LogP contribution in [0.15, 0.2) is 18.2 Å². The Balaban J connectivity index is 2.69. The van der Waals surface area contributed by atoms with Gasteiger partial charge in [0.1, 0.15) is 11.6 Å². The zero-order valence-corrected chi connectivity index (χ0v) is 15.3. The van der Waals surface area contributed by atoms with Gasteiger partial charge in [-0.15, -0.1) is 0 Å². The number of amides is 1. The Kier molecular flexibility index (Phi) is 6.02. The summed E-state index contributed by atoms with van der Waals surface area (Å²) in [5.74, 6) is -0.0695. The molecule has 22 heavy (non-hydrogen) atoms. The van der Waals surface area contributed by atoms with Gasteiger partial charge in [-0.2, -0.15) is 0 Å². The molecular weight excluding hydrogens is 296 g/mol. The van der Waals surface area contributed by atoms with E-state index in [0.29, 0.717) is 12.4 Å². The summed E-state index contributed by atoms with van der Waals surface area (Å²) in [6.07, 6.45) is -0.133. The quantitative estimate of drug-likeness (QED) is 0.642. The lowest BCUT2D eigenvalue weighted by atomic mass is 10.2. The van der Waals surface area contributed by atoms with E-state index in [1.165, 1.54) is 6.92 Å². The van der Waals surface area contributed by atoms with Crippen molar-refractivity contribution >= 4 is 25.8 Å². The Morgan fingerprint density at radius 3 is 2.45 bits per heavy atom. The van der Waals surface area contributed by atoms with Crippen molar-refractivity contribution in [2.75, 3.05) is 5.32 Å². The molecule has 6 heteroatoms. The molecule has 122 valence electrons. The van der Waals surface area contributed by atoms with E-state index < -0.39 is 8.32 Å². The first kappa shape index (κ1) is 18.5. The van der Waals surface area contributed by atoms with E-state index in [4.69, 9.17) is 4.43 Å². The van der Waals surface area contributed by atoms with Crippen LogP contribution in [0.3, 0.4) is 0 Å². The van der Waals surface area contributed by atoms with E-state index in [9.17, 15) is 9.59 Å². The molecule has 0 atom stereocenters. The second-order valence-electron chi connectivity index (χ2n) is 6.99. The molecule has 1 amide bonds. The van der Waals surface area contributed by atoms with E-state index in [1.54, 1.807) is 6.07 Å². The van der Waals surface area contributed by atoms with Crippen molar-refractivity contribution in [3.63, 3.8) is 0 Å². The van der Waals surface area contributed by atoms with Crippen LogP contribution in [0, 0.1) is 0 Å². The lowest BCUT2D eigenvalue weighted by Crippen LogP contribution is -2.40. The fraction of sp³-hybridized carbons (Fsp3) is 0.562. The topological polar surface area (TPSA) is 68.3 Å². The molecule has 1 aromatic rings. The Morgan fingerprint density at radius 1 is 1.27 bits per heavy atom. The van der Waals surface area contributed by atoms with Crippen molar-refractivity contribution in [1.82, 2.24) is 4.98 Å². The first-order valence-corrected chi connectivity index (χ1v) is 10.3. The van der Waals surface area contributed by atoms with Gasteiger partial charge in [-0.3, -0.25) is 9.59 Å². The fourth-order valence-electron chi connectivity index (χ4n) is 1.51. The van der Waals surface area contributed by atoms with Gasteiger partial charge >= 0.3 is 0 Å². The predicted molar refractivity (Wildman–Crippen MR) is 90.2 cm³/mol. The van der Waals surface area contributed by atoms with Gasteiger partial charge in [-0.1, -0.05) is 26.8 Å². The van der Waals surface area contributed by atoms with Crippen LogP contribution in [0.1, 0.15) is 39.8 Å². The van der Waals surface area contributed by atoms with Crippen LogP contribution in [-0.2, 0) is 20.6 Å². The van der Waals surface area contributed by atoms with Crippen LogP contribution < -0.4 is 5.32 Å². The van der Waals surface area contributed by atoms with Gasteiger partial charge in [0.25, 0.3) is 0 Å². The molecule has 0 aliphatic rings. The number of nitrogens with one attached hydrogen (secondary N) is 1. The standard InChI is InChI=1S/C16H26N2O3Si/c1-12(19)10-15(20)18-14-9-7-8-13(17-14)11-21-22(5,6)16(2,3)4/h7-9H,10-11H2,1-6H3,(H,17,18,20). The molecular formula is C16H26N2O3Si. The number of anilines is 1. The van der Waals surface area contributed by atoms with Crippen molar-refractivity contribution in [1.29, 1.82) is 0 Å². The number of carbonyl (C=O) groups is 2.